The third-order valence-electron chi connectivity index (χ3n) is 4.42. The molecule has 0 amide bonds. The highest BCUT2D eigenvalue weighted by Crippen LogP contribution is 2.22. The van der Waals surface area contributed by atoms with E-state index in [2.05, 4.69) is 34.5 Å². The number of benzene rings is 1. The molecule has 2 aliphatic heterocycles. The van der Waals surface area contributed by atoms with Crippen LogP contribution in [0, 0.1) is 0 Å². The van der Waals surface area contributed by atoms with Gasteiger partial charge in [-0.15, -0.1) is 0 Å². The molecule has 1 aromatic rings. The van der Waals surface area contributed by atoms with E-state index in [0.717, 1.165) is 32.5 Å². The van der Waals surface area contributed by atoms with Crippen molar-refractivity contribution in [3.63, 3.8) is 0 Å². The molecule has 25 heavy (non-hydrogen) atoms. The summed E-state index contributed by atoms with van der Waals surface area (Å²) in [6.45, 7) is 5.96. The van der Waals surface area contributed by atoms with Crippen LogP contribution in [0.4, 0.5) is 0 Å². The zero-order valence-electron chi connectivity index (χ0n) is 14.7. The van der Waals surface area contributed by atoms with Gasteiger partial charge in [0.1, 0.15) is 0 Å². The Morgan fingerprint density at radius 2 is 1.72 bits per heavy atom. The summed E-state index contributed by atoms with van der Waals surface area (Å²) in [5.74, 6) is -2.49. The molecule has 6 nitrogen and oxygen atoms in total. The summed E-state index contributed by atoms with van der Waals surface area (Å²) >= 11 is 0. The lowest BCUT2D eigenvalue weighted by molar-refractivity contribution is -0.222. The van der Waals surface area contributed by atoms with Crippen molar-refractivity contribution in [3.05, 3.63) is 47.7 Å². The quantitative estimate of drug-likeness (QED) is 0.512. The second-order valence-corrected chi connectivity index (χ2v) is 6.94. The molecule has 0 atom stereocenters. The van der Waals surface area contributed by atoms with Gasteiger partial charge in [-0.05, 0) is 18.4 Å². The van der Waals surface area contributed by atoms with Gasteiger partial charge < -0.3 is 14.8 Å². The third kappa shape index (κ3) is 4.60. The molecule has 2 fully saturated rings. The highest BCUT2D eigenvalue weighted by atomic mass is 16.7. The molecule has 1 aromatic carbocycles. The molecule has 3 rings (SSSR count). The van der Waals surface area contributed by atoms with Crippen molar-refractivity contribution in [1.29, 1.82) is 0 Å². The molecule has 0 unspecified atom stereocenters. The summed E-state index contributed by atoms with van der Waals surface area (Å²) in [5, 5.41) is 3.17. The molecule has 0 aliphatic carbocycles. The normalized spacial score (nSPS) is 21.4. The van der Waals surface area contributed by atoms with Crippen LogP contribution in [0.3, 0.4) is 0 Å². The van der Waals surface area contributed by atoms with E-state index in [-0.39, 0.29) is 11.6 Å². The third-order valence-corrected chi connectivity index (χ3v) is 4.42. The lowest BCUT2D eigenvalue weighted by Gasteiger charge is -2.33. The minimum Gasteiger partial charge on any atom is -0.419 e. The first-order valence-corrected chi connectivity index (χ1v) is 8.62. The van der Waals surface area contributed by atoms with Crippen LogP contribution in [-0.4, -0.2) is 41.8 Å². The summed E-state index contributed by atoms with van der Waals surface area (Å²) in [7, 11) is 0. The number of rotatable bonds is 4. The number of carbonyl (C=O) groups is 2. The van der Waals surface area contributed by atoms with E-state index >= 15 is 0 Å². The van der Waals surface area contributed by atoms with E-state index < -0.39 is 17.7 Å². The maximum atomic E-state index is 11.9. The molecule has 0 radical (unpaired) electrons. The van der Waals surface area contributed by atoms with Crippen molar-refractivity contribution in [3.8, 4) is 0 Å². The fraction of sp³-hybridized carbons (Fsp3) is 0.474. The van der Waals surface area contributed by atoms with Crippen molar-refractivity contribution in [2.24, 2.45) is 0 Å². The van der Waals surface area contributed by atoms with E-state index in [1.165, 1.54) is 25.6 Å². The van der Waals surface area contributed by atoms with Crippen molar-refractivity contribution >= 4 is 11.9 Å². The fourth-order valence-electron chi connectivity index (χ4n) is 3.08. The maximum Gasteiger partial charge on any atom is 0.350 e. The second-order valence-electron chi connectivity index (χ2n) is 6.94. The summed E-state index contributed by atoms with van der Waals surface area (Å²) in [6, 6.07) is 10.6. The molecular formula is C19H24N2O4. The first-order valence-electron chi connectivity index (χ1n) is 8.62. The fourth-order valence-corrected chi connectivity index (χ4v) is 3.08. The summed E-state index contributed by atoms with van der Waals surface area (Å²) in [5.41, 5.74) is 1.23. The first-order chi connectivity index (χ1) is 11.9. The van der Waals surface area contributed by atoms with Gasteiger partial charge in [-0.2, -0.15) is 0 Å². The number of cyclic esters (lactones) is 2. The van der Waals surface area contributed by atoms with Crippen LogP contribution in [0.15, 0.2) is 42.1 Å². The van der Waals surface area contributed by atoms with Gasteiger partial charge in [0.25, 0.3) is 5.79 Å². The van der Waals surface area contributed by atoms with Crippen molar-refractivity contribution in [2.45, 2.75) is 45.1 Å². The Kier molecular flexibility index (Phi) is 5.08. The molecule has 2 heterocycles. The molecule has 2 saturated heterocycles. The summed E-state index contributed by atoms with van der Waals surface area (Å²) in [4.78, 5) is 26.2. The molecule has 0 saturated carbocycles. The van der Waals surface area contributed by atoms with Gasteiger partial charge >= 0.3 is 11.9 Å². The van der Waals surface area contributed by atoms with Crippen molar-refractivity contribution in [2.75, 3.05) is 13.1 Å². The van der Waals surface area contributed by atoms with Crippen LogP contribution in [-0.2, 0) is 25.6 Å². The van der Waals surface area contributed by atoms with Crippen molar-refractivity contribution in [1.82, 2.24) is 10.2 Å². The predicted octanol–water partition coefficient (Wildman–Crippen LogP) is 1.96. The zero-order valence-corrected chi connectivity index (χ0v) is 14.7. The molecule has 1 N–H and O–H groups in total. The number of nitrogens with one attached hydrogen (secondary N) is 1. The predicted molar refractivity (Wildman–Crippen MR) is 92.2 cm³/mol. The number of carbonyl (C=O) groups excluding carboxylic acids is 2. The Labute approximate surface area is 147 Å². The number of esters is 2. The minimum absolute atomic E-state index is 0.0777. The molecule has 2 aliphatic rings. The van der Waals surface area contributed by atoms with E-state index in [9.17, 15) is 9.59 Å². The molecule has 0 aromatic heterocycles. The Morgan fingerprint density at radius 1 is 1.12 bits per heavy atom. The first kappa shape index (κ1) is 17.5. The highest BCUT2D eigenvalue weighted by molar-refractivity contribution is 6.15. The highest BCUT2D eigenvalue weighted by Gasteiger charge is 2.39. The number of hydrogen-bond acceptors (Lipinski definition) is 6. The molecule has 0 spiro atoms. The van der Waals surface area contributed by atoms with Gasteiger partial charge in [0.05, 0.1) is 0 Å². The van der Waals surface area contributed by atoms with Gasteiger partial charge in [-0.3, -0.25) is 4.90 Å². The van der Waals surface area contributed by atoms with E-state index in [1.54, 1.807) is 0 Å². The summed E-state index contributed by atoms with van der Waals surface area (Å²) in [6.07, 6.45) is 3.34. The molecule has 6 heteroatoms. The Bertz CT molecular complexity index is 639. The second kappa shape index (κ2) is 7.27. The number of nitrogens with zero attached hydrogens (tertiary/aromatic N) is 1. The minimum atomic E-state index is -1.20. The number of hydrogen-bond donors (Lipinski definition) is 1. The lowest BCUT2D eigenvalue weighted by atomic mass is 10.0. The smallest absolute Gasteiger partial charge is 0.350 e. The molecular weight excluding hydrogens is 320 g/mol. The van der Waals surface area contributed by atoms with Crippen LogP contribution in [0.1, 0.15) is 32.3 Å². The topological polar surface area (TPSA) is 67.9 Å². The van der Waals surface area contributed by atoms with Crippen LogP contribution in [0.5, 0.6) is 0 Å². The average Bonchev–Trinajstić information content (AvgIpc) is 2.55. The van der Waals surface area contributed by atoms with E-state index in [0.29, 0.717) is 0 Å². The Hall–Kier alpha value is -2.34. The Balaban J connectivity index is 1.49. The van der Waals surface area contributed by atoms with E-state index in [1.807, 2.05) is 6.07 Å². The standard InChI is InChI=1S/C19H24N2O4/c1-19(2)24-17(22)16(18(23)25-19)12-20-15-8-10-21(11-9-15)13-14-6-4-3-5-7-14/h3-7,12,15,20H,8-11,13H2,1-2H3. The van der Waals surface area contributed by atoms with Gasteiger partial charge in [0.15, 0.2) is 5.57 Å². The van der Waals surface area contributed by atoms with Gasteiger partial charge in [-0.25, -0.2) is 9.59 Å². The SMILES string of the molecule is CC1(C)OC(=O)C(=CNC2CCN(Cc3ccccc3)CC2)C(=O)O1. The monoisotopic (exact) mass is 344 g/mol. The van der Waals surface area contributed by atoms with E-state index in [4.69, 9.17) is 9.47 Å². The summed E-state index contributed by atoms with van der Waals surface area (Å²) < 4.78 is 10.2. The molecule has 0 bridgehead atoms. The van der Waals surface area contributed by atoms with Gasteiger partial charge in [0.2, 0.25) is 0 Å². The maximum absolute atomic E-state index is 11.9. The van der Waals surface area contributed by atoms with Gasteiger partial charge in [-0.1, -0.05) is 30.3 Å². The van der Waals surface area contributed by atoms with Crippen LogP contribution in [0.2, 0.25) is 0 Å². The average molecular weight is 344 g/mol. The van der Waals surface area contributed by atoms with Crippen LogP contribution >= 0.6 is 0 Å². The number of piperidine rings is 1. The Morgan fingerprint density at radius 3 is 2.32 bits per heavy atom. The molecule has 134 valence electrons. The zero-order chi connectivity index (χ0) is 17.9. The number of likely N-dealkylation sites (tertiary alicyclic amines) is 1. The van der Waals surface area contributed by atoms with Crippen LogP contribution in [0.25, 0.3) is 0 Å². The van der Waals surface area contributed by atoms with Crippen molar-refractivity contribution < 1.29 is 19.1 Å². The number of ether oxygens (including phenoxy) is 2. The van der Waals surface area contributed by atoms with Crippen LogP contribution < -0.4 is 5.32 Å². The largest absolute Gasteiger partial charge is 0.419 e. The van der Waals surface area contributed by atoms with Gasteiger partial charge in [0, 0.05) is 45.7 Å². The lowest BCUT2D eigenvalue weighted by Crippen LogP contribution is -2.44.